The summed E-state index contributed by atoms with van der Waals surface area (Å²) in [6.07, 6.45) is -0.691. The Hall–Kier alpha value is -2.24. The van der Waals surface area contributed by atoms with Crippen molar-refractivity contribution in [2.45, 2.75) is 26.9 Å². The van der Waals surface area contributed by atoms with E-state index in [1.165, 1.54) is 24.3 Å². The molecule has 0 aromatic heterocycles. The first-order valence-electron chi connectivity index (χ1n) is 6.25. The molecule has 2 atom stereocenters. The highest BCUT2D eigenvalue weighted by Gasteiger charge is 2.49. The molecule has 1 heterocycles. The van der Waals surface area contributed by atoms with Crippen molar-refractivity contribution in [1.82, 2.24) is 0 Å². The van der Waals surface area contributed by atoms with Gasteiger partial charge in [0.05, 0.1) is 10.8 Å². The Morgan fingerprint density at radius 2 is 1.75 bits per heavy atom. The van der Waals surface area contributed by atoms with Crippen LogP contribution in [0.2, 0.25) is 0 Å². The van der Waals surface area contributed by atoms with Gasteiger partial charge < -0.3 is 4.74 Å². The lowest BCUT2D eigenvalue weighted by Crippen LogP contribution is -2.46. The second-order valence-electron chi connectivity index (χ2n) is 5.45. The molecule has 6 heteroatoms. The highest BCUT2D eigenvalue weighted by atomic mass is 16.6. The summed E-state index contributed by atoms with van der Waals surface area (Å²) in [5, 5.41) is 10.6. The number of rotatable bonds is 2. The third-order valence-corrected chi connectivity index (χ3v) is 3.66. The van der Waals surface area contributed by atoms with E-state index in [0.717, 1.165) is 0 Å². The predicted octanol–water partition coefficient (Wildman–Crippen LogP) is 2.42. The minimum absolute atomic E-state index is 0.0461. The lowest BCUT2D eigenvalue weighted by Gasteiger charge is -2.36. The average molecular weight is 277 g/mol. The Labute approximate surface area is 115 Å². The molecule has 6 nitrogen and oxygen atoms in total. The summed E-state index contributed by atoms with van der Waals surface area (Å²) in [7, 11) is 0. The normalized spacial score (nSPS) is 25.1. The molecule has 2 rings (SSSR count). The summed E-state index contributed by atoms with van der Waals surface area (Å²) in [5.74, 6) is -1.23. The van der Waals surface area contributed by atoms with Gasteiger partial charge in [0.2, 0.25) is 0 Å². The van der Waals surface area contributed by atoms with Crippen molar-refractivity contribution in [2.75, 3.05) is 0 Å². The molecule has 106 valence electrons. The number of hydrogen-bond donors (Lipinski definition) is 0. The number of nitro benzene ring substituents is 1. The molecule has 0 unspecified atom stereocenters. The van der Waals surface area contributed by atoms with Gasteiger partial charge in [0.25, 0.3) is 5.69 Å². The maximum absolute atomic E-state index is 12.2. The van der Waals surface area contributed by atoms with Gasteiger partial charge >= 0.3 is 5.97 Å². The smallest absolute Gasteiger partial charge is 0.319 e. The monoisotopic (exact) mass is 277 g/mol. The van der Waals surface area contributed by atoms with Crippen LogP contribution in [0.3, 0.4) is 0 Å². The van der Waals surface area contributed by atoms with E-state index >= 15 is 0 Å². The third kappa shape index (κ3) is 2.17. The van der Waals surface area contributed by atoms with Crippen LogP contribution in [-0.2, 0) is 14.3 Å². The van der Waals surface area contributed by atoms with Crippen LogP contribution in [0.1, 0.15) is 32.4 Å². The first kappa shape index (κ1) is 14.2. The van der Waals surface area contributed by atoms with Crippen LogP contribution in [0.5, 0.6) is 0 Å². The standard InChI is InChI=1S/C14H15NO5/c1-8-11(20-13(17)14(2,3)12(8)16)9-4-6-10(7-5-9)15(18)19/h4-8,11H,1-3H3/t8-,11+/m0/s1. The fourth-order valence-corrected chi connectivity index (χ4v) is 2.31. The molecule has 0 N–H and O–H groups in total. The molecule has 1 aliphatic heterocycles. The Balaban J connectivity index is 2.31. The molecular weight excluding hydrogens is 262 g/mol. The number of ketones is 1. The van der Waals surface area contributed by atoms with E-state index in [1.54, 1.807) is 20.8 Å². The highest BCUT2D eigenvalue weighted by Crippen LogP contribution is 2.39. The molecule has 0 spiro atoms. The maximum Gasteiger partial charge on any atom is 0.319 e. The van der Waals surface area contributed by atoms with E-state index in [2.05, 4.69) is 0 Å². The highest BCUT2D eigenvalue weighted by molar-refractivity contribution is 6.06. The van der Waals surface area contributed by atoms with Crippen molar-refractivity contribution >= 4 is 17.4 Å². The van der Waals surface area contributed by atoms with Gasteiger partial charge in [0.15, 0.2) is 5.78 Å². The molecule has 1 aromatic carbocycles. The summed E-state index contributed by atoms with van der Waals surface area (Å²) in [6.45, 7) is 4.78. The van der Waals surface area contributed by atoms with Gasteiger partial charge in [-0.1, -0.05) is 6.92 Å². The van der Waals surface area contributed by atoms with Gasteiger partial charge in [-0.15, -0.1) is 0 Å². The number of carbonyl (C=O) groups excluding carboxylic acids is 2. The van der Waals surface area contributed by atoms with Crippen molar-refractivity contribution < 1.29 is 19.2 Å². The lowest BCUT2D eigenvalue weighted by molar-refractivity contribution is -0.384. The molecule has 1 fully saturated rings. The molecule has 1 aliphatic rings. The van der Waals surface area contributed by atoms with Crippen LogP contribution < -0.4 is 0 Å². The quantitative estimate of drug-likeness (QED) is 0.358. The summed E-state index contributed by atoms with van der Waals surface area (Å²) in [6, 6.07) is 5.69. The number of non-ortho nitro benzene ring substituents is 1. The molecule has 0 aliphatic carbocycles. The third-order valence-electron chi connectivity index (χ3n) is 3.66. The summed E-state index contributed by atoms with van der Waals surface area (Å²) >= 11 is 0. The number of carbonyl (C=O) groups is 2. The second kappa shape index (κ2) is 4.70. The minimum atomic E-state index is -1.14. The van der Waals surface area contributed by atoms with Crippen molar-refractivity contribution in [1.29, 1.82) is 0 Å². The van der Waals surface area contributed by atoms with Crippen LogP contribution in [-0.4, -0.2) is 16.7 Å². The number of cyclic esters (lactones) is 1. The summed E-state index contributed by atoms with van der Waals surface area (Å²) in [5.41, 5.74) is -0.605. The van der Waals surface area contributed by atoms with E-state index < -0.39 is 28.3 Å². The molecule has 0 bridgehead atoms. The van der Waals surface area contributed by atoms with Crippen molar-refractivity contribution in [3.63, 3.8) is 0 Å². The molecule has 0 amide bonds. The summed E-state index contributed by atoms with van der Waals surface area (Å²) < 4.78 is 5.34. The first-order chi connectivity index (χ1) is 9.25. The van der Waals surface area contributed by atoms with Crippen LogP contribution in [0, 0.1) is 21.4 Å². The number of ether oxygens (including phenoxy) is 1. The lowest BCUT2D eigenvalue weighted by atomic mass is 9.76. The fraction of sp³-hybridized carbons (Fsp3) is 0.429. The number of hydrogen-bond acceptors (Lipinski definition) is 5. The molecule has 0 radical (unpaired) electrons. The van der Waals surface area contributed by atoms with Gasteiger partial charge in [-0.25, -0.2) is 0 Å². The molecular formula is C14H15NO5. The first-order valence-corrected chi connectivity index (χ1v) is 6.25. The van der Waals surface area contributed by atoms with Crippen LogP contribution in [0.4, 0.5) is 5.69 Å². The van der Waals surface area contributed by atoms with Gasteiger partial charge in [-0.2, -0.15) is 0 Å². The van der Waals surface area contributed by atoms with Crippen molar-refractivity contribution in [3.8, 4) is 0 Å². The zero-order valence-corrected chi connectivity index (χ0v) is 11.5. The number of benzene rings is 1. The van der Waals surface area contributed by atoms with E-state index in [0.29, 0.717) is 5.56 Å². The Kier molecular flexibility index (Phi) is 3.33. The van der Waals surface area contributed by atoms with E-state index in [-0.39, 0.29) is 11.5 Å². The van der Waals surface area contributed by atoms with Crippen molar-refractivity contribution in [3.05, 3.63) is 39.9 Å². The van der Waals surface area contributed by atoms with Crippen LogP contribution >= 0.6 is 0 Å². The topological polar surface area (TPSA) is 86.5 Å². The fourth-order valence-electron chi connectivity index (χ4n) is 2.31. The van der Waals surface area contributed by atoms with E-state index in [9.17, 15) is 19.7 Å². The largest absolute Gasteiger partial charge is 0.456 e. The van der Waals surface area contributed by atoms with Gasteiger partial charge in [0.1, 0.15) is 11.5 Å². The Bertz CT molecular complexity index is 576. The zero-order chi connectivity index (χ0) is 15.1. The van der Waals surface area contributed by atoms with Gasteiger partial charge in [0, 0.05) is 12.1 Å². The number of Topliss-reactive ketones (excluding diaryl/α,β-unsaturated/α-hetero) is 1. The summed E-state index contributed by atoms with van der Waals surface area (Å²) in [4.78, 5) is 34.2. The Morgan fingerprint density at radius 3 is 2.25 bits per heavy atom. The van der Waals surface area contributed by atoms with Gasteiger partial charge in [-0.05, 0) is 31.5 Å². The Morgan fingerprint density at radius 1 is 1.20 bits per heavy atom. The van der Waals surface area contributed by atoms with E-state index in [1.807, 2.05) is 0 Å². The number of esters is 1. The average Bonchev–Trinajstić information content (AvgIpc) is 2.41. The van der Waals surface area contributed by atoms with Crippen LogP contribution in [0.25, 0.3) is 0 Å². The van der Waals surface area contributed by atoms with E-state index in [4.69, 9.17) is 4.74 Å². The second-order valence-corrected chi connectivity index (χ2v) is 5.45. The van der Waals surface area contributed by atoms with Crippen LogP contribution in [0.15, 0.2) is 24.3 Å². The van der Waals surface area contributed by atoms with Crippen molar-refractivity contribution in [2.24, 2.45) is 11.3 Å². The minimum Gasteiger partial charge on any atom is -0.456 e. The zero-order valence-electron chi connectivity index (χ0n) is 11.5. The maximum atomic E-state index is 12.2. The molecule has 20 heavy (non-hydrogen) atoms. The SMILES string of the molecule is C[C@@H]1C(=O)C(C)(C)C(=O)O[C@H]1c1ccc([N+](=O)[O-])cc1. The molecule has 1 saturated heterocycles. The van der Waals surface area contributed by atoms with Gasteiger partial charge in [-0.3, -0.25) is 19.7 Å². The number of nitro groups is 1. The predicted molar refractivity (Wildman–Crippen MR) is 69.9 cm³/mol. The molecule has 1 aromatic rings. The molecule has 0 saturated carbocycles. The number of nitrogens with zero attached hydrogens (tertiary/aromatic N) is 1.